The lowest BCUT2D eigenvalue weighted by atomic mass is 10.1. The van der Waals surface area contributed by atoms with Gasteiger partial charge in [0.05, 0.1) is 0 Å². The minimum atomic E-state index is -1.25. The van der Waals surface area contributed by atoms with Crippen LogP contribution >= 0.6 is 0 Å². The summed E-state index contributed by atoms with van der Waals surface area (Å²) in [5.41, 5.74) is 1.39. The Hall–Kier alpha value is -5.18. The van der Waals surface area contributed by atoms with Gasteiger partial charge in [-0.1, -0.05) is 60.7 Å². The number of carboxylic acids is 2. The molecule has 0 fully saturated rings. The van der Waals surface area contributed by atoms with Gasteiger partial charge in [0.25, 0.3) is 11.8 Å². The van der Waals surface area contributed by atoms with Crippen LogP contribution < -0.4 is 21.3 Å². The Kier molecular flexibility index (Phi) is 11.9. The lowest BCUT2D eigenvalue weighted by Crippen LogP contribution is -2.51. The molecule has 0 saturated heterocycles. The molecule has 0 aromatic heterocycles. The van der Waals surface area contributed by atoms with Crippen LogP contribution in [0.25, 0.3) is 0 Å². The molecule has 0 unspecified atom stereocenters. The molecule has 0 radical (unpaired) electrons. The zero-order chi connectivity index (χ0) is 29.7. The Balaban J connectivity index is 1.85. The molecule has 2 aromatic rings. The van der Waals surface area contributed by atoms with E-state index < -0.39 is 59.7 Å². The smallest absolute Gasteiger partial charge is 0.326 e. The lowest BCUT2D eigenvalue weighted by molar-refractivity contribution is -0.142. The monoisotopic (exact) mass is 550 g/mol. The highest BCUT2D eigenvalue weighted by Crippen LogP contribution is 2.05. The Morgan fingerprint density at radius 3 is 1.23 bits per heavy atom. The predicted molar refractivity (Wildman–Crippen MR) is 142 cm³/mol. The SMILES string of the molecule is C[C@H](NC(=O)C#CC(=O)N[C@@H](C)C(=O)N[C@@H](Cc1ccccc1)C(=O)O)C(=O)N[C@@H](Cc1ccccc1)C(=O)O. The van der Waals surface area contributed by atoms with E-state index in [0.717, 1.165) is 0 Å². The number of hydrogen-bond donors (Lipinski definition) is 6. The van der Waals surface area contributed by atoms with Crippen LogP contribution in [0.15, 0.2) is 60.7 Å². The number of nitrogens with one attached hydrogen (secondary N) is 4. The van der Waals surface area contributed by atoms with Crippen LogP contribution in [0.5, 0.6) is 0 Å². The van der Waals surface area contributed by atoms with Gasteiger partial charge in [0.15, 0.2) is 0 Å². The van der Waals surface area contributed by atoms with E-state index in [1.807, 2.05) is 11.8 Å². The van der Waals surface area contributed by atoms with Gasteiger partial charge < -0.3 is 31.5 Å². The van der Waals surface area contributed by atoms with Crippen molar-refractivity contribution in [2.24, 2.45) is 0 Å². The molecule has 4 amide bonds. The third-order valence-electron chi connectivity index (χ3n) is 5.57. The van der Waals surface area contributed by atoms with Crippen LogP contribution in [-0.4, -0.2) is 69.9 Å². The fraction of sp³-hybridized carbons (Fsp3) is 0.286. The maximum absolute atomic E-state index is 12.4. The summed E-state index contributed by atoms with van der Waals surface area (Å²) >= 11 is 0. The minimum Gasteiger partial charge on any atom is -0.480 e. The molecule has 40 heavy (non-hydrogen) atoms. The number of carbonyl (C=O) groups excluding carboxylic acids is 4. The fourth-order valence-corrected chi connectivity index (χ4v) is 3.40. The van der Waals surface area contributed by atoms with E-state index in [1.165, 1.54) is 13.8 Å². The van der Waals surface area contributed by atoms with Gasteiger partial charge in [-0.05, 0) is 25.0 Å². The van der Waals surface area contributed by atoms with Gasteiger partial charge in [-0.25, -0.2) is 9.59 Å². The predicted octanol–water partition coefficient (Wildman–Crippen LogP) is -0.377. The van der Waals surface area contributed by atoms with Gasteiger partial charge in [-0.15, -0.1) is 0 Å². The highest BCUT2D eigenvalue weighted by atomic mass is 16.4. The second-order valence-electron chi connectivity index (χ2n) is 8.82. The molecule has 0 bridgehead atoms. The van der Waals surface area contributed by atoms with Crippen LogP contribution in [0, 0.1) is 11.8 Å². The van der Waals surface area contributed by atoms with Crippen LogP contribution in [0.3, 0.4) is 0 Å². The average Bonchev–Trinajstić information content (AvgIpc) is 2.92. The molecule has 0 heterocycles. The normalized spacial score (nSPS) is 13.2. The molecule has 12 heteroatoms. The molecule has 12 nitrogen and oxygen atoms in total. The van der Waals surface area contributed by atoms with Gasteiger partial charge in [-0.2, -0.15) is 0 Å². The molecule has 2 aromatic carbocycles. The van der Waals surface area contributed by atoms with Gasteiger partial charge in [0.1, 0.15) is 24.2 Å². The summed E-state index contributed by atoms with van der Waals surface area (Å²) in [4.78, 5) is 72.0. The van der Waals surface area contributed by atoms with Crippen LogP contribution in [0.2, 0.25) is 0 Å². The standard InChI is InChI=1S/C28H30N4O8/c1-17(25(35)31-21(27(37)38)15-19-9-5-3-6-10-19)29-23(33)13-14-24(34)30-18(2)26(36)32-22(28(39)40)16-20-11-7-4-8-12-20/h3-12,17-18,21-22H,15-16H2,1-2H3,(H,29,33)(H,30,34)(H,31,35)(H,32,36)(H,37,38)(H,39,40)/t17-,18-,21-,22-/m0/s1. The maximum Gasteiger partial charge on any atom is 0.326 e. The van der Waals surface area contributed by atoms with Crippen molar-refractivity contribution >= 4 is 35.6 Å². The molecule has 0 aliphatic heterocycles. The molecule has 0 saturated carbocycles. The van der Waals surface area contributed by atoms with E-state index in [4.69, 9.17) is 0 Å². The summed E-state index contributed by atoms with van der Waals surface area (Å²) in [5.74, 6) is -2.04. The second kappa shape index (κ2) is 15.3. The third-order valence-corrected chi connectivity index (χ3v) is 5.57. The Morgan fingerprint density at radius 1 is 0.600 bits per heavy atom. The number of benzene rings is 2. The largest absolute Gasteiger partial charge is 0.480 e. The summed E-state index contributed by atoms with van der Waals surface area (Å²) in [6.07, 6.45) is 0.0710. The van der Waals surface area contributed by atoms with Crippen molar-refractivity contribution < 1.29 is 39.0 Å². The lowest BCUT2D eigenvalue weighted by Gasteiger charge is -2.18. The molecule has 4 atom stereocenters. The van der Waals surface area contributed by atoms with E-state index in [0.29, 0.717) is 11.1 Å². The highest BCUT2D eigenvalue weighted by Gasteiger charge is 2.25. The van der Waals surface area contributed by atoms with E-state index in [2.05, 4.69) is 21.3 Å². The molecule has 2 rings (SSSR count). The van der Waals surface area contributed by atoms with Crippen molar-refractivity contribution in [3.63, 3.8) is 0 Å². The summed E-state index contributed by atoms with van der Waals surface area (Å²) in [6, 6.07) is 12.6. The van der Waals surface area contributed by atoms with E-state index in [-0.39, 0.29) is 12.8 Å². The quantitative estimate of drug-likeness (QED) is 0.193. The van der Waals surface area contributed by atoms with Crippen LogP contribution in [0.1, 0.15) is 25.0 Å². The number of aliphatic carboxylic acids is 2. The first-order chi connectivity index (χ1) is 19.0. The number of hydrogen-bond acceptors (Lipinski definition) is 6. The van der Waals surface area contributed by atoms with Gasteiger partial charge in [0.2, 0.25) is 11.8 Å². The summed E-state index contributed by atoms with van der Waals surface area (Å²) in [5, 5.41) is 28.0. The average molecular weight is 551 g/mol. The molecule has 210 valence electrons. The Morgan fingerprint density at radius 2 is 0.925 bits per heavy atom. The molecule has 0 spiro atoms. The van der Waals surface area contributed by atoms with Crippen molar-refractivity contribution in [2.75, 3.05) is 0 Å². The molecule has 0 aliphatic rings. The van der Waals surface area contributed by atoms with Gasteiger partial charge >= 0.3 is 11.9 Å². The van der Waals surface area contributed by atoms with Crippen molar-refractivity contribution in [1.82, 2.24) is 21.3 Å². The summed E-state index contributed by atoms with van der Waals surface area (Å²) in [7, 11) is 0. The summed E-state index contributed by atoms with van der Waals surface area (Å²) in [6.45, 7) is 2.63. The topological polar surface area (TPSA) is 191 Å². The van der Waals surface area contributed by atoms with Gasteiger partial charge in [0, 0.05) is 24.7 Å². The second-order valence-corrected chi connectivity index (χ2v) is 8.82. The first kappa shape index (κ1) is 31.0. The molecular weight excluding hydrogens is 520 g/mol. The molecular formula is C28H30N4O8. The first-order valence-electron chi connectivity index (χ1n) is 12.2. The van der Waals surface area contributed by atoms with E-state index in [1.54, 1.807) is 60.7 Å². The zero-order valence-corrected chi connectivity index (χ0v) is 21.8. The Labute approximate surface area is 230 Å². The third kappa shape index (κ3) is 10.7. The van der Waals surface area contributed by atoms with Gasteiger partial charge in [-0.3, -0.25) is 19.2 Å². The fourth-order valence-electron chi connectivity index (χ4n) is 3.40. The maximum atomic E-state index is 12.4. The van der Waals surface area contributed by atoms with Crippen molar-refractivity contribution in [3.8, 4) is 11.8 Å². The highest BCUT2D eigenvalue weighted by molar-refractivity contribution is 6.05. The molecule has 0 aliphatic carbocycles. The van der Waals surface area contributed by atoms with Crippen LogP contribution in [-0.2, 0) is 41.6 Å². The van der Waals surface area contributed by atoms with E-state index in [9.17, 15) is 39.0 Å². The van der Waals surface area contributed by atoms with Crippen molar-refractivity contribution in [3.05, 3.63) is 71.8 Å². The van der Waals surface area contributed by atoms with E-state index >= 15 is 0 Å². The van der Waals surface area contributed by atoms with Crippen molar-refractivity contribution in [1.29, 1.82) is 0 Å². The van der Waals surface area contributed by atoms with Crippen molar-refractivity contribution in [2.45, 2.75) is 50.9 Å². The zero-order valence-electron chi connectivity index (χ0n) is 21.8. The first-order valence-corrected chi connectivity index (χ1v) is 12.2. The number of rotatable bonds is 12. The summed E-state index contributed by atoms with van der Waals surface area (Å²) < 4.78 is 0. The number of carboxylic acid groups (broad SMARTS) is 2. The number of carbonyl (C=O) groups is 6. The number of amides is 4. The van der Waals surface area contributed by atoms with Crippen LogP contribution in [0.4, 0.5) is 0 Å². The molecule has 6 N–H and O–H groups in total. The Bertz CT molecular complexity index is 1190. The minimum absolute atomic E-state index is 0.0355.